The third-order valence-electron chi connectivity index (χ3n) is 2.79. The fourth-order valence-electron chi connectivity index (χ4n) is 1.79. The third-order valence-corrected chi connectivity index (χ3v) is 2.79. The van der Waals surface area contributed by atoms with Gasteiger partial charge in [0.2, 0.25) is 11.8 Å². The van der Waals surface area contributed by atoms with Crippen molar-refractivity contribution in [3.63, 3.8) is 0 Å². The molecular weight excluding hydrogens is 216 g/mol. The maximum atomic E-state index is 11.4. The van der Waals surface area contributed by atoms with Crippen LogP contribution in [0.1, 0.15) is 25.0 Å². The van der Waals surface area contributed by atoms with E-state index in [1.54, 1.807) is 0 Å². The first-order chi connectivity index (χ1) is 8.06. The first kappa shape index (κ1) is 11.6. The number of hydrogen-bond donors (Lipinski definition) is 2. The van der Waals surface area contributed by atoms with Crippen LogP contribution >= 0.6 is 0 Å². The van der Waals surface area contributed by atoms with Crippen molar-refractivity contribution in [1.82, 2.24) is 5.32 Å². The van der Waals surface area contributed by atoms with Crippen LogP contribution < -0.4 is 10.6 Å². The number of rotatable bonds is 3. The van der Waals surface area contributed by atoms with Gasteiger partial charge in [0.1, 0.15) is 0 Å². The number of carbonyl (C=O) groups excluding carboxylic acids is 2. The zero-order chi connectivity index (χ0) is 12.4. The number of nitrogens with one attached hydrogen (secondary N) is 2. The van der Waals surface area contributed by atoms with Crippen molar-refractivity contribution >= 4 is 17.5 Å². The van der Waals surface area contributed by atoms with Crippen molar-refractivity contribution < 1.29 is 9.59 Å². The topological polar surface area (TPSA) is 58.2 Å². The Hall–Kier alpha value is -1.84. The average Bonchev–Trinajstić information content (AvgIpc) is 2.64. The van der Waals surface area contributed by atoms with Crippen LogP contribution in [-0.4, -0.2) is 11.8 Å². The largest absolute Gasteiger partial charge is 0.352 e. The summed E-state index contributed by atoms with van der Waals surface area (Å²) in [6.07, 6.45) is 0.432. The van der Waals surface area contributed by atoms with Gasteiger partial charge in [-0.25, -0.2) is 0 Å². The molecule has 0 fully saturated rings. The zero-order valence-electron chi connectivity index (χ0n) is 10.0. The summed E-state index contributed by atoms with van der Waals surface area (Å²) in [7, 11) is 0. The molecule has 0 saturated carbocycles. The van der Waals surface area contributed by atoms with E-state index in [0.29, 0.717) is 13.0 Å². The van der Waals surface area contributed by atoms with Crippen LogP contribution in [0.3, 0.4) is 0 Å². The second-order valence-corrected chi connectivity index (χ2v) is 4.59. The Labute approximate surface area is 100 Å². The van der Waals surface area contributed by atoms with Gasteiger partial charge in [0.25, 0.3) is 0 Å². The fraction of sp³-hybridized carbons (Fsp3) is 0.385. The van der Waals surface area contributed by atoms with Crippen molar-refractivity contribution in [3.05, 3.63) is 29.3 Å². The van der Waals surface area contributed by atoms with Gasteiger partial charge in [-0.3, -0.25) is 9.59 Å². The molecule has 0 atom stereocenters. The van der Waals surface area contributed by atoms with Crippen molar-refractivity contribution in [2.45, 2.75) is 26.8 Å². The zero-order valence-corrected chi connectivity index (χ0v) is 10.0. The van der Waals surface area contributed by atoms with Crippen LogP contribution in [0.4, 0.5) is 5.69 Å². The van der Waals surface area contributed by atoms with E-state index in [1.165, 1.54) is 0 Å². The summed E-state index contributed by atoms with van der Waals surface area (Å²) in [5, 5.41) is 5.64. The Morgan fingerprint density at radius 1 is 1.47 bits per heavy atom. The van der Waals surface area contributed by atoms with E-state index in [4.69, 9.17) is 0 Å². The number of anilines is 1. The molecular formula is C13H16N2O2. The summed E-state index contributed by atoms with van der Waals surface area (Å²) >= 11 is 0. The van der Waals surface area contributed by atoms with Gasteiger partial charge in [0, 0.05) is 18.2 Å². The molecule has 0 bridgehead atoms. The molecule has 0 aliphatic carbocycles. The van der Waals surface area contributed by atoms with E-state index >= 15 is 0 Å². The lowest BCUT2D eigenvalue weighted by molar-refractivity contribution is -0.124. The normalized spacial score (nSPS) is 13.5. The second-order valence-electron chi connectivity index (χ2n) is 4.59. The van der Waals surface area contributed by atoms with Gasteiger partial charge in [-0.1, -0.05) is 26.0 Å². The molecule has 4 heteroatoms. The summed E-state index contributed by atoms with van der Waals surface area (Å²) in [4.78, 5) is 22.6. The minimum absolute atomic E-state index is 0.00679. The van der Waals surface area contributed by atoms with Gasteiger partial charge in [0.15, 0.2) is 0 Å². The summed E-state index contributed by atoms with van der Waals surface area (Å²) in [5.74, 6) is 0.0655. The Morgan fingerprint density at radius 2 is 2.24 bits per heavy atom. The summed E-state index contributed by atoms with van der Waals surface area (Å²) in [5.41, 5.74) is 2.91. The SMILES string of the molecule is CC(C)C(=O)NCc1ccc2c(c1)CC(=O)N2. The van der Waals surface area contributed by atoms with Crippen LogP contribution in [0.25, 0.3) is 0 Å². The molecule has 1 aromatic rings. The molecule has 0 aromatic heterocycles. The number of hydrogen-bond acceptors (Lipinski definition) is 2. The minimum Gasteiger partial charge on any atom is -0.352 e. The molecule has 0 unspecified atom stereocenters. The summed E-state index contributed by atoms with van der Waals surface area (Å²) in [6.45, 7) is 4.24. The predicted molar refractivity (Wildman–Crippen MR) is 65.5 cm³/mol. The predicted octanol–water partition coefficient (Wildman–Crippen LogP) is 1.45. The number of carbonyl (C=O) groups is 2. The van der Waals surface area contributed by atoms with Crippen LogP contribution in [-0.2, 0) is 22.6 Å². The van der Waals surface area contributed by atoms with Crippen molar-refractivity contribution in [1.29, 1.82) is 0 Å². The van der Waals surface area contributed by atoms with Crippen molar-refractivity contribution in [2.24, 2.45) is 5.92 Å². The lowest BCUT2D eigenvalue weighted by Gasteiger charge is -2.08. The van der Waals surface area contributed by atoms with Gasteiger partial charge in [-0.15, -0.1) is 0 Å². The van der Waals surface area contributed by atoms with Crippen LogP contribution in [0, 0.1) is 5.92 Å². The van der Waals surface area contributed by atoms with E-state index in [9.17, 15) is 9.59 Å². The smallest absolute Gasteiger partial charge is 0.228 e. The highest BCUT2D eigenvalue weighted by Crippen LogP contribution is 2.23. The molecule has 0 radical (unpaired) electrons. The van der Waals surface area contributed by atoms with Crippen LogP contribution in [0.5, 0.6) is 0 Å². The van der Waals surface area contributed by atoms with E-state index < -0.39 is 0 Å². The van der Waals surface area contributed by atoms with Gasteiger partial charge in [-0.05, 0) is 17.2 Å². The molecule has 1 aromatic carbocycles. The lowest BCUT2D eigenvalue weighted by atomic mass is 10.1. The Bertz CT molecular complexity index is 466. The van der Waals surface area contributed by atoms with Crippen LogP contribution in [0.2, 0.25) is 0 Å². The van der Waals surface area contributed by atoms with Gasteiger partial charge in [-0.2, -0.15) is 0 Å². The molecule has 1 heterocycles. The van der Waals surface area contributed by atoms with E-state index in [2.05, 4.69) is 10.6 Å². The van der Waals surface area contributed by atoms with E-state index in [0.717, 1.165) is 16.8 Å². The van der Waals surface area contributed by atoms with E-state index in [-0.39, 0.29) is 17.7 Å². The highest BCUT2D eigenvalue weighted by molar-refractivity contribution is 5.99. The minimum atomic E-state index is -0.00679. The third kappa shape index (κ3) is 2.64. The maximum Gasteiger partial charge on any atom is 0.228 e. The molecule has 90 valence electrons. The number of benzene rings is 1. The molecule has 2 rings (SSSR count). The average molecular weight is 232 g/mol. The van der Waals surface area contributed by atoms with Gasteiger partial charge < -0.3 is 10.6 Å². The standard InChI is InChI=1S/C13H16N2O2/c1-8(2)13(17)14-7-9-3-4-11-10(5-9)6-12(16)15-11/h3-5,8H,6-7H2,1-2H3,(H,14,17)(H,15,16). The van der Waals surface area contributed by atoms with Gasteiger partial charge in [0.05, 0.1) is 6.42 Å². The monoisotopic (exact) mass is 232 g/mol. The molecule has 0 spiro atoms. The Balaban J connectivity index is 2.02. The summed E-state index contributed by atoms with van der Waals surface area (Å²) < 4.78 is 0. The van der Waals surface area contributed by atoms with Crippen molar-refractivity contribution in [3.8, 4) is 0 Å². The van der Waals surface area contributed by atoms with E-state index in [1.807, 2.05) is 32.0 Å². The summed E-state index contributed by atoms with van der Waals surface area (Å²) in [6, 6.07) is 5.77. The molecule has 17 heavy (non-hydrogen) atoms. The molecule has 4 nitrogen and oxygen atoms in total. The molecule has 2 amide bonds. The first-order valence-corrected chi connectivity index (χ1v) is 5.75. The lowest BCUT2D eigenvalue weighted by Crippen LogP contribution is -2.27. The highest BCUT2D eigenvalue weighted by Gasteiger charge is 2.17. The fourth-order valence-corrected chi connectivity index (χ4v) is 1.79. The van der Waals surface area contributed by atoms with Crippen molar-refractivity contribution in [2.75, 3.05) is 5.32 Å². The quantitative estimate of drug-likeness (QED) is 0.828. The number of amides is 2. The Kier molecular flexibility index (Phi) is 3.13. The molecule has 1 aliphatic rings. The molecule has 1 aliphatic heterocycles. The maximum absolute atomic E-state index is 11.4. The number of fused-ring (bicyclic) bond motifs is 1. The second kappa shape index (κ2) is 4.57. The molecule has 0 saturated heterocycles. The van der Waals surface area contributed by atoms with Gasteiger partial charge >= 0.3 is 0 Å². The highest BCUT2D eigenvalue weighted by atomic mass is 16.2. The molecule has 2 N–H and O–H groups in total. The Morgan fingerprint density at radius 3 is 2.94 bits per heavy atom. The van der Waals surface area contributed by atoms with Crippen LogP contribution in [0.15, 0.2) is 18.2 Å². The first-order valence-electron chi connectivity index (χ1n) is 5.75.